The second-order valence-electron chi connectivity index (χ2n) is 4.33. The zero-order valence-electron chi connectivity index (χ0n) is 10.2. The van der Waals surface area contributed by atoms with Gasteiger partial charge in [-0.3, -0.25) is 0 Å². The molecule has 0 saturated carbocycles. The Hall–Kier alpha value is -0.690. The largest absolute Gasteiger partial charge is 0.494 e. The van der Waals surface area contributed by atoms with Gasteiger partial charge in [-0.15, -0.1) is 11.6 Å². The summed E-state index contributed by atoms with van der Waals surface area (Å²) in [5.41, 5.74) is 1.33. The van der Waals surface area contributed by atoms with Crippen molar-refractivity contribution in [1.82, 2.24) is 0 Å². The topological polar surface area (TPSA) is 9.23 Å². The first-order chi connectivity index (χ1) is 7.74. The third-order valence-corrected chi connectivity index (χ3v) is 2.84. The van der Waals surface area contributed by atoms with Crippen LogP contribution in [-0.4, -0.2) is 12.5 Å². The summed E-state index contributed by atoms with van der Waals surface area (Å²) in [7, 11) is 0. The lowest BCUT2D eigenvalue weighted by Gasteiger charge is -2.09. The van der Waals surface area contributed by atoms with Gasteiger partial charge in [-0.05, 0) is 42.9 Å². The smallest absolute Gasteiger partial charge is 0.119 e. The molecule has 0 aliphatic rings. The van der Waals surface area contributed by atoms with E-state index in [4.69, 9.17) is 16.3 Å². The van der Waals surface area contributed by atoms with Crippen LogP contribution in [0, 0.1) is 0 Å². The van der Waals surface area contributed by atoms with Crippen LogP contribution in [0.25, 0.3) is 0 Å². The van der Waals surface area contributed by atoms with E-state index in [2.05, 4.69) is 32.0 Å². The van der Waals surface area contributed by atoms with E-state index in [1.165, 1.54) is 5.56 Å². The molecule has 2 heteroatoms. The number of hydrogen-bond acceptors (Lipinski definition) is 1. The number of unbranched alkanes of at least 4 members (excludes halogenated alkanes) is 2. The molecule has 0 aromatic heterocycles. The lowest BCUT2D eigenvalue weighted by molar-refractivity contribution is 0.306. The Morgan fingerprint density at radius 1 is 1.19 bits per heavy atom. The van der Waals surface area contributed by atoms with E-state index in [-0.39, 0.29) is 0 Å². The Kier molecular flexibility index (Phi) is 6.32. The summed E-state index contributed by atoms with van der Waals surface area (Å²) in [6, 6.07) is 8.36. The molecule has 0 fully saturated rings. The number of benzene rings is 1. The maximum atomic E-state index is 5.70. The summed E-state index contributed by atoms with van der Waals surface area (Å²) in [6.45, 7) is 5.18. The van der Waals surface area contributed by atoms with E-state index in [1.54, 1.807) is 0 Å². The minimum atomic E-state index is 0.555. The van der Waals surface area contributed by atoms with Gasteiger partial charge in [0.15, 0.2) is 0 Å². The van der Waals surface area contributed by atoms with Crippen LogP contribution in [0.4, 0.5) is 0 Å². The zero-order valence-corrected chi connectivity index (χ0v) is 11.0. The van der Waals surface area contributed by atoms with Crippen LogP contribution < -0.4 is 4.74 Å². The SMILES string of the molecule is CC(C)c1cccc(OCCCCCCl)c1. The summed E-state index contributed by atoms with van der Waals surface area (Å²) in [5, 5.41) is 0. The van der Waals surface area contributed by atoms with Gasteiger partial charge in [0.1, 0.15) is 5.75 Å². The fourth-order valence-electron chi connectivity index (χ4n) is 1.53. The lowest BCUT2D eigenvalue weighted by atomic mass is 10.0. The van der Waals surface area contributed by atoms with Gasteiger partial charge in [0.05, 0.1) is 6.61 Å². The Bertz CT molecular complexity index is 297. The van der Waals surface area contributed by atoms with Crippen LogP contribution in [0.15, 0.2) is 24.3 Å². The molecular weight excluding hydrogens is 220 g/mol. The second-order valence-corrected chi connectivity index (χ2v) is 4.70. The van der Waals surface area contributed by atoms with E-state index in [0.29, 0.717) is 5.92 Å². The molecule has 16 heavy (non-hydrogen) atoms. The molecule has 1 aromatic carbocycles. The number of hydrogen-bond donors (Lipinski definition) is 0. The normalized spacial score (nSPS) is 10.8. The molecule has 90 valence electrons. The third-order valence-electron chi connectivity index (χ3n) is 2.57. The quantitative estimate of drug-likeness (QED) is 0.500. The average molecular weight is 241 g/mol. The highest BCUT2D eigenvalue weighted by Crippen LogP contribution is 2.20. The van der Waals surface area contributed by atoms with E-state index in [1.807, 2.05) is 6.07 Å². The van der Waals surface area contributed by atoms with Crippen LogP contribution in [0.2, 0.25) is 0 Å². The molecule has 0 aliphatic heterocycles. The van der Waals surface area contributed by atoms with Gasteiger partial charge in [-0.2, -0.15) is 0 Å². The maximum Gasteiger partial charge on any atom is 0.119 e. The molecule has 1 nitrogen and oxygen atoms in total. The monoisotopic (exact) mass is 240 g/mol. The molecular formula is C14H21ClO. The fourth-order valence-corrected chi connectivity index (χ4v) is 1.72. The number of halogens is 1. The van der Waals surface area contributed by atoms with Gasteiger partial charge in [-0.25, -0.2) is 0 Å². The van der Waals surface area contributed by atoms with Gasteiger partial charge in [-0.1, -0.05) is 26.0 Å². The van der Waals surface area contributed by atoms with E-state index >= 15 is 0 Å². The van der Waals surface area contributed by atoms with Crippen molar-refractivity contribution in [3.05, 3.63) is 29.8 Å². The van der Waals surface area contributed by atoms with Gasteiger partial charge >= 0.3 is 0 Å². The molecule has 1 rings (SSSR count). The molecule has 0 aliphatic carbocycles. The average Bonchev–Trinajstić information content (AvgIpc) is 2.29. The summed E-state index contributed by atoms with van der Waals surface area (Å²) in [6.07, 6.45) is 3.31. The van der Waals surface area contributed by atoms with Crippen LogP contribution in [0.5, 0.6) is 5.75 Å². The predicted molar refractivity (Wildman–Crippen MR) is 70.6 cm³/mol. The molecule has 1 aromatic rings. The summed E-state index contributed by atoms with van der Waals surface area (Å²) in [4.78, 5) is 0. The first kappa shape index (κ1) is 13.4. The van der Waals surface area contributed by atoms with Crippen molar-refractivity contribution >= 4 is 11.6 Å². The second kappa shape index (κ2) is 7.56. The molecule has 0 saturated heterocycles. The van der Waals surface area contributed by atoms with Crippen molar-refractivity contribution in [2.45, 2.75) is 39.0 Å². The van der Waals surface area contributed by atoms with Gasteiger partial charge in [0, 0.05) is 5.88 Å². The van der Waals surface area contributed by atoms with Gasteiger partial charge in [0.25, 0.3) is 0 Å². The highest BCUT2D eigenvalue weighted by Gasteiger charge is 2.00. The Morgan fingerprint density at radius 2 is 2.00 bits per heavy atom. The van der Waals surface area contributed by atoms with Gasteiger partial charge in [0.2, 0.25) is 0 Å². The fraction of sp³-hybridized carbons (Fsp3) is 0.571. The third kappa shape index (κ3) is 4.89. The van der Waals surface area contributed by atoms with Gasteiger partial charge < -0.3 is 4.74 Å². The van der Waals surface area contributed by atoms with E-state index in [0.717, 1.165) is 37.5 Å². The summed E-state index contributed by atoms with van der Waals surface area (Å²) in [5.74, 6) is 2.29. The molecule has 0 unspecified atom stereocenters. The maximum absolute atomic E-state index is 5.70. The standard InChI is InChI=1S/C14H21ClO/c1-12(2)13-7-6-8-14(11-13)16-10-5-3-4-9-15/h6-8,11-12H,3-5,9-10H2,1-2H3. The first-order valence-electron chi connectivity index (χ1n) is 6.02. The minimum Gasteiger partial charge on any atom is -0.494 e. The molecule has 0 N–H and O–H groups in total. The van der Waals surface area contributed by atoms with Crippen molar-refractivity contribution in [2.24, 2.45) is 0 Å². The predicted octanol–water partition coefficient (Wildman–Crippen LogP) is 4.60. The first-order valence-corrected chi connectivity index (χ1v) is 6.56. The van der Waals surface area contributed by atoms with Crippen LogP contribution in [0.1, 0.15) is 44.6 Å². The Morgan fingerprint density at radius 3 is 2.69 bits per heavy atom. The van der Waals surface area contributed by atoms with E-state index < -0.39 is 0 Å². The molecule has 0 bridgehead atoms. The highest BCUT2D eigenvalue weighted by atomic mass is 35.5. The van der Waals surface area contributed by atoms with Crippen LogP contribution in [0.3, 0.4) is 0 Å². The minimum absolute atomic E-state index is 0.555. The molecule has 0 spiro atoms. The van der Waals surface area contributed by atoms with Crippen LogP contribution >= 0.6 is 11.6 Å². The number of alkyl halides is 1. The Balaban J connectivity index is 2.33. The molecule has 0 amide bonds. The molecule has 0 atom stereocenters. The van der Waals surface area contributed by atoms with Crippen molar-refractivity contribution < 1.29 is 4.74 Å². The molecule has 0 radical (unpaired) electrons. The lowest BCUT2D eigenvalue weighted by Crippen LogP contribution is -1.98. The van der Waals surface area contributed by atoms with Crippen molar-refractivity contribution in [1.29, 1.82) is 0 Å². The van der Waals surface area contributed by atoms with Crippen LogP contribution in [-0.2, 0) is 0 Å². The van der Waals surface area contributed by atoms with E-state index in [9.17, 15) is 0 Å². The zero-order chi connectivity index (χ0) is 11.8. The van der Waals surface area contributed by atoms with Crippen molar-refractivity contribution in [2.75, 3.05) is 12.5 Å². The van der Waals surface area contributed by atoms with Crippen molar-refractivity contribution in [3.8, 4) is 5.75 Å². The molecule has 0 heterocycles. The summed E-state index contributed by atoms with van der Waals surface area (Å²) >= 11 is 5.61. The Labute approximate surface area is 104 Å². The highest BCUT2D eigenvalue weighted by molar-refractivity contribution is 6.17. The number of ether oxygens (including phenoxy) is 1. The number of rotatable bonds is 7. The summed E-state index contributed by atoms with van der Waals surface area (Å²) < 4.78 is 5.70. The van der Waals surface area contributed by atoms with Crippen molar-refractivity contribution in [3.63, 3.8) is 0 Å².